The largest absolute Gasteiger partial charge is 0.508 e. The lowest BCUT2D eigenvalue weighted by molar-refractivity contribution is -0.143. The summed E-state index contributed by atoms with van der Waals surface area (Å²) in [7, 11) is 8.50. The first kappa shape index (κ1) is 31.7. The van der Waals surface area contributed by atoms with E-state index in [-0.39, 0.29) is 24.1 Å². The van der Waals surface area contributed by atoms with Gasteiger partial charge in [-0.3, -0.25) is 19.4 Å². The zero-order valence-electron chi connectivity index (χ0n) is 23.2. The molecule has 0 saturated carbocycles. The monoisotopic (exact) mass is 517 g/mol. The molecule has 1 heterocycles. The van der Waals surface area contributed by atoms with Crippen molar-refractivity contribution in [3.05, 3.63) is 47.5 Å². The molecule has 0 aliphatic carbocycles. The van der Waals surface area contributed by atoms with E-state index in [0.29, 0.717) is 30.6 Å². The van der Waals surface area contributed by atoms with E-state index >= 15 is 0 Å². The van der Waals surface area contributed by atoms with Gasteiger partial charge in [-0.2, -0.15) is 0 Å². The molecule has 0 aromatic heterocycles. The topological polar surface area (TPSA) is 101 Å². The van der Waals surface area contributed by atoms with Crippen LogP contribution in [0.4, 0.5) is 0 Å². The number of amides is 2. The van der Waals surface area contributed by atoms with Crippen LogP contribution in [0.5, 0.6) is 23.0 Å². The number of hydrogen-bond donors (Lipinski definition) is 2. The number of piperidine rings is 1. The summed E-state index contributed by atoms with van der Waals surface area (Å²) in [5, 5.41) is 12.6. The van der Waals surface area contributed by atoms with Gasteiger partial charge < -0.3 is 24.6 Å². The van der Waals surface area contributed by atoms with Gasteiger partial charge in [-0.15, -0.1) is 0 Å². The number of phenols is 1. The van der Waals surface area contributed by atoms with Crippen LogP contribution < -0.4 is 19.5 Å². The normalized spacial score (nSPS) is 13.3. The number of benzene rings is 2. The van der Waals surface area contributed by atoms with Crippen LogP contribution in [0.1, 0.15) is 37.8 Å². The Morgan fingerprint density at radius 3 is 1.92 bits per heavy atom. The van der Waals surface area contributed by atoms with Gasteiger partial charge in [-0.1, -0.05) is 13.8 Å². The molecular weight excluding hydrogens is 474 g/mol. The maximum atomic E-state index is 13.0. The Morgan fingerprint density at radius 1 is 0.946 bits per heavy atom. The molecule has 1 aliphatic rings. The Labute approximate surface area is 221 Å². The number of likely N-dealkylation sites (tertiary alicyclic amines) is 1. The molecule has 0 radical (unpaired) electrons. The highest BCUT2D eigenvalue weighted by molar-refractivity contribution is 5.88. The van der Waals surface area contributed by atoms with Crippen molar-refractivity contribution in [3.63, 3.8) is 0 Å². The summed E-state index contributed by atoms with van der Waals surface area (Å²) in [6.45, 7) is 6.33. The van der Waals surface area contributed by atoms with Crippen molar-refractivity contribution < 1.29 is 28.9 Å². The van der Waals surface area contributed by atoms with Crippen molar-refractivity contribution in [1.29, 1.82) is 0 Å². The highest BCUT2D eigenvalue weighted by Crippen LogP contribution is 2.27. The van der Waals surface area contributed by atoms with Crippen molar-refractivity contribution >= 4 is 12.3 Å². The zero-order chi connectivity index (χ0) is 27.8. The maximum Gasteiger partial charge on any atom is 0.232 e. The predicted molar refractivity (Wildman–Crippen MR) is 145 cm³/mol. The number of carbonyl (C=O) groups excluding carboxylic acids is 2. The van der Waals surface area contributed by atoms with Crippen LogP contribution in [0.25, 0.3) is 0 Å². The molecule has 1 fully saturated rings. The van der Waals surface area contributed by atoms with Crippen LogP contribution in [-0.2, 0) is 22.7 Å². The van der Waals surface area contributed by atoms with Gasteiger partial charge in [0.1, 0.15) is 23.0 Å². The molecule has 206 valence electrons. The summed E-state index contributed by atoms with van der Waals surface area (Å²) < 4.78 is 15.8. The standard InChI is InChI=1S/C24H30N2O6.C2H7N.C2H6/c1-30-21-9-17(8-20(28)12-21)15-26(16-27)24(29)19-4-6-25(7-5-19)14-18-10-22(31-2)13-23(11-18)32-3;1-3-2;1-2/h8-13,16,19,28H,4-7,14-15H2,1-3H3;3H,1-2H3;1-2H3. The molecule has 2 N–H and O–H groups in total. The van der Waals surface area contributed by atoms with Crippen molar-refractivity contribution in [2.24, 2.45) is 5.92 Å². The van der Waals surface area contributed by atoms with Crippen LogP contribution in [0.15, 0.2) is 36.4 Å². The first-order valence-corrected chi connectivity index (χ1v) is 12.5. The van der Waals surface area contributed by atoms with E-state index in [9.17, 15) is 14.7 Å². The predicted octanol–water partition coefficient (Wildman–Crippen LogP) is 3.68. The zero-order valence-corrected chi connectivity index (χ0v) is 23.2. The summed E-state index contributed by atoms with van der Waals surface area (Å²) in [5.41, 5.74) is 1.71. The number of carbonyl (C=O) groups is 2. The molecule has 2 amide bonds. The first-order valence-electron chi connectivity index (χ1n) is 12.5. The molecule has 0 unspecified atom stereocenters. The summed E-state index contributed by atoms with van der Waals surface area (Å²) in [5.74, 6) is 1.59. The summed E-state index contributed by atoms with van der Waals surface area (Å²) >= 11 is 0. The third-order valence-electron chi connectivity index (χ3n) is 5.70. The minimum Gasteiger partial charge on any atom is -0.508 e. The number of imide groups is 1. The highest BCUT2D eigenvalue weighted by Gasteiger charge is 2.29. The molecular formula is C28H43N3O6. The third kappa shape index (κ3) is 10.3. The molecule has 0 bridgehead atoms. The SMILES string of the molecule is CC.CNC.COc1cc(O)cc(CN(C=O)C(=O)C2CCN(Cc3cc(OC)cc(OC)c3)CC2)c1. The van der Waals surface area contributed by atoms with Gasteiger partial charge in [-0.25, -0.2) is 0 Å². The quantitative estimate of drug-likeness (QED) is 0.486. The fourth-order valence-electron chi connectivity index (χ4n) is 4.00. The second-order valence-electron chi connectivity index (χ2n) is 8.38. The van der Waals surface area contributed by atoms with Crippen molar-refractivity contribution in [2.75, 3.05) is 48.5 Å². The van der Waals surface area contributed by atoms with Gasteiger partial charge in [0.25, 0.3) is 0 Å². The molecule has 3 rings (SSSR count). The number of nitrogens with zero attached hydrogens (tertiary/aromatic N) is 2. The van der Waals surface area contributed by atoms with Crippen molar-refractivity contribution in [3.8, 4) is 23.0 Å². The van der Waals surface area contributed by atoms with E-state index in [1.807, 2.05) is 46.1 Å². The van der Waals surface area contributed by atoms with E-state index in [1.165, 1.54) is 24.1 Å². The van der Waals surface area contributed by atoms with E-state index < -0.39 is 0 Å². The van der Waals surface area contributed by atoms with Gasteiger partial charge in [-0.05, 0) is 75.4 Å². The fraction of sp³-hybridized carbons (Fsp3) is 0.500. The number of ether oxygens (including phenoxy) is 3. The van der Waals surface area contributed by atoms with Crippen molar-refractivity contribution in [1.82, 2.24) is 15.1 Å². The lowest BCUT2D eigenvalue weighted by Gasteiger charge is -2.33. The van der Waals surface area contributed by atoms with E-state index in [2.05, 4.69) is 10.2 Å². The van der Waals surface area contributed by atoms with Gasteiger partial charge in [0.05, 0.1) is 27.9 Å². The second-order valence-corrected chi connectivity index (χ2v) is 8.38. The molecule has 1 aliphatic heterocycles. The summed E-state index contributed by atoms with van der Waals surface area (Å²) in [4.78, 5) is 28.1. The van der Waals surface area contributed by atoms with E-state index in [0.717, 1.165) is 36.7 Å². The number of aromatic hydroxyl groups is 1. The van der Waals surface area contributed by atoms with Crippen LogP contribution >= 0.6 is 0 Å². The smallest absolute Gasteiger partial charge is 0.232 e. The lowest BCUT2D eigenvalue weighted by atomic mass is 9.94. The number of rotatable bonds is 9. The van der Waals surface area contributed by atoms with Gasteiger partial charge in [0.15, 0.2) is 0 Å². The number of methoxy groups -OCH3 is 3. The van der Waals surface area contributed by atoms with E-state index in [4.69, 9.17) is 14.2 Å². The third-order valence-corrected chi connectivity index (χ3v) is 5.70. The number of phenolic OH excluding ortho intramolecular Hbond substituents is 1. The molecule has 9 heteroatoms. The minimum absolute atomic E-state index is 0.0279. The van der Waals surface area contributed by atoms with Crippen LogP contribution in [0.3, 0.4) is 0 Å². The molecule has 37 heavy (non-hydrogen) atoms. The average molecular weight is 518 g/mol. The highest BCUT2D eigenvalue weighted by atomic mass is 16.5. The Morgan fingerprint density at radius 2 is 1.43 bits per heavy atom. The Kier molecular flexibility index (Phi) is 14.8. The molecule has 2 aromatic rings. The lowest BCUT2D eigenvalue weighted by Crippen LogP contribution is -2.41. The Hall–Kier alpha value is -3.30. The number of nitrogens with one attached hydrogen (secondary N) is 1. The van der Waals surface area contributed by atoms with E-state index in [1.54, 1.807) is 20.3 Å². The van der Waals surface area contributed by atoms with Crippen LogP contribution in [-0.4, -0.2) is 75.7 Å². The van der Waals surface area contributed by atoms with Crippen molar-refractivity contribution in [2.45, 2.75) is 39.8 Å². The second kappa shape index (κ2) is 17.2. The van der Waals surface area contributed by atoms with Gasteiger partial charge in [0.2, 0.25) is 12.3 Å². The Bertz CT molecular complexity index is 939. The Balaban J connectivity index is 0.00000127. The summed E-state index contributed by atoms with van der Waals surface area (Å²) in [6.07, 6.45) is 1.91. The average Bonchev–Trinajstić information content (AvgIpc) is 2.92. The molecule has 1 saturated heterocycles. The molecule has 0 atom stereocenters. The summed E-state index contributed by atoms with van der Waals surface area (Å²) in [6, 6.07) is 10.5. The molecule has 9 nitrogen and oxygen atoms in total. The van der Waals surface area contributed by atoms with Crippen LogP contribution in [0, 0.1) is 5.92 Å². The fourth-order valence-corrected chi connectivity index (χ4v) is 4.00. The minimum atomic E-state index is -0.212. The first-order chi connectivity index (χ1) is 17.9. The van der Waals surface area contributed by atoms with Gasteiger partial charge in [0, 0.05) is 24.6 Å². The maximum absolute atomic E-state index is 13.0. The van der Waals surface area contributed by atoms with Crippen LogP contribution in [0.2, 0.25) is 0 Å². The molecule has 0 spiro atoms. The number of hydrogen-bond acceptors (Lipinski definition) is 8. The van der Waals surface area contributed by atoms with Gasteiger partial charge >= 0.3 is 0 Å². The molecule has 2 aromatic carbocycles.